The van der Waals surface area contributed by atoms with Gasteiger partial charge in [0.25, 0.3) is 0 Å². The molecule has 1 aliphatic heterocycles. The number of para-hydroxylation sites is 2. The third-order valence-corrected chi connectivity index (χ3v) is 7.70. The van der Waals surface area contributed by atoms with Gasteiger partial charge in [-0.2, -0.15) is 0 Å². The van der Waals surface area contributed by atoms with Crippen molar-refractivity contribution in [3.8, 4) is 0 Å². The van der Waals surface area contributed by atoms with Crippen LogP contribution in [0.3, 0.4) is 0 Å². The number of aromatic nitrogens is 2. The summed E-state index contributed by atoms with van der Waals surface area (Å²) in [4.78, 5) is 22.6. The van der Waals surface area contributed by atoms with Crippen LogP contribution in [0.2, 0.25) is 0 Å². The number of nitrogens with zero attached hydrogens (tertiary/aromatic N) is 4. The Labute approximate surface area is 197 Å². The highest BCUT2D eigenvalue weighted by atomic mass is 16.1. The maximum Gasteiger partial charge on any atom is 0.223 e. The molecule has 0 atom stereocenters. The van der Waals surface area contributed by atoms with Gasteiger partial charge in [-0.25, -0.2) is 4.98 Å². The van der Waals surface area contributed by atoms with Gasteiger partial charge in [-0.3, -0.25) is 4.79 Å². The number of hydrogen-bond acceptors (Lipinski definition) is 4. The molecule has 6 nitrogen and oxygen atoms in total. The maximum atomic E-state index is 12.8. The molecular weight excluding hydrogens is 410 g/mol. The number of anilines is 1. The van der Waals surface area contributed by atoms with E-state index >= 15 is 0 Å². The van der Waals surface area contributed by atoms with Crippen LogP contribution >= 0.6 is 0 Å². The number of hydrogen-bond donors (Lipinski definition) is 1. The molecule has 2 aliphatic rings. The average Bonchev–Trinajstić information content (AvgIpc) is 3.37. The Hall–Kier alpha value is -2.60. The Morgan fingerprint density at radius 3 is 2.61 bits per heavy atom. The zero-order chi connectivity index (χ0) is 22.6. The fourth-order valence-electron chi connectivity index (χ4n) is 5.68. The summed E-state index contributed by atoms with van der Waals surface area (Å²) in [6.45, 7) is 3.60. The number of benzene rings is 1. The van der Waals surface area contributed by atoms with E-state index in [0.29, 0.717) is 0 Å². The van der Waals surface area contributed by atoms with E-state index in [1.54, 1.807) is 0 Å². The van der Waals surface area contributed by atoms with Crippen molar-refractivity contribution in [2.75, 3.05) is 38.1 Å². The minimum absolute atomic E-state index is 0.112. The molecular formula is C27H37N5O. The minimum Gasteiger partial charge on any atom is -0.356 e. The summed E-state index contributed by atoms with van der Waals surface area (Å²) in [5, 5.41) is 3.21. The van der Waals surface area contributed by atoms with Crippen LogP contribution < -0.4 is 10.2 Å². The van der Waals surface area contributed by atoms with Gasteiger partial charge in [-0.15, -0.1) is 0 Å². The molecule has 5 rings (SSSR count). The van der Waals surface area contributed by atoms with Crippen molar-refractivity contribution in [1.29, 1.82) is 0 Å². The summed E-state index contributed by atoms with van der Waals surface area (Å²) in [6.07, 6.45) is 11.7. The molecule has 0 radical (unpaired) electrons. The summed E-state index contributed by atoms with van der Waals surface area (Å²) in [7, 11) is 2.25. The Kier molecular flexibility index (Phi) is 6.81. The normalized spacial score (nSPS) is 18.4. The van der Waals surface area contributed by atoms with E-state index in [-0.39, 0.29) is 11.8 Å². The van der Waals surface area contributed by atoms with E-state index in [9.17, 15) is 4.79 Å². The maximum absolute atomic E-state index is 12.8. The monoisotopic (exact) mass is 447 g/mol. The molecule has 1 amide bonds. The van der Waals surface area contributed by atoms with Crippen molar-refractivity contribution in [2.24, 2.45) is 5.92 Å². The molecule has 1 N–H and O–H groups in total. The Morgan fingerprint density at radius 1 is 1.03 bits per heavy atom. The third-order valence-electron chi connectivity index (χ3n) is 7.70. The smallest absolute Gasteiger partial charge is 0.223 e. The van der Waals surface area contributed by atoms with Gasteiger partial charge in [-0.05, 0) is 70.0 Å². The number of piperidine rings is 1. The predicted molar refractivity (Wildman–Crippen MR) is 135 cm³/mol. The highest BCUT2D eigenvalue weighted by molar-refractivity contribution is 5.85. The van der Waals surface area contributed by atoms with Crippen molar-refractivity contribution in [3.05, 3.63) is 42.6 Å². The van der Waals surface area contributed by atoms with E-state index < -0.39 is 0 Å². The number of carbonyl (C=O) groups is 1. The summed E-state index contributed by atoms with van der Waals surface area (Å²) < 4.78 is 2.22. The van der Waals surface area contributed by atoms with Gasteiger partial charge in [0.2, 0.25) is 5.91 Å². The molecule has 3 heterocycles. The summed E-state index contributed by atoms with van der Waals surface area (Å²) in [5.41, 5.74) is 3.28. The molecule has 3 aromatic rings. The first kappa shape index (κ1) is 22.2. The molecule has 33 heavy (non-hydrogen) atoms. The minimum atomic E-state index is 0.112. The van der Waals surface area contributed by atoms with Crippen molar-refractivity contribution >= 4 is 28.3 Å². The van der Waals surface area contributed by atoms with Gasteiger partial charge in [-0.1, -0.05) is 31.4 Å². The average molecular weight is 448 g/mol. The molecule has 1 aliphatic carbocycles. The largest absolute Gasteiger partial charge is 0.356 e. The van der Waals surface area contributed by atoms with Crippen molar-refractivity contribution in [3.63, 3.8) is 0 Å². The van der Waals surface area contributed by atoms with E-state index in [4.69, 9.17) is 4.98 Å². The quantitative estimate of drug-likeness (QED) is 0.543. The second-order valence-corrected chi connectivity index (χ2v) is 9.87. The highest BCUT2D eigenvalue weighted by Gasteiger charge is 2.27. The molecule has 1 saturated heterocycles. The number of nitrogens with one attached hydrogen (secondary N) is 1. The van der Waals surface area contributed by atoms with Gasteiger partial charge in [0.05, 0.1) is 16.6 Å². The number of amides is 1. The van der Waals surface area contributed by atoms with Crippen LogP contribution in [0.5, 0.6) is 0 Å². The zero-order valence-corrected chi connectivity index (χ0v) is 19.9. The predicted octanol–water partition coefficient (Wildman–Crippen LogP) is 4.47. The fraction of sp³-hybridized carbons (Fsp3) is 0.556. The molecule has 6 heteroatoms. The molecule has 0 spiro atoms. The molecule has 1 aromatic carbocycles. The van der Waals surface area contributed by atoms with Crippen molar-refractivity contribution in [1.82, 2.24) is 19.6 Å². The fourth-order valence-corrected chi connectivity index (χ4v) is 5.68. The van der Waals surface area contributed by atoms with Gasteiger partial charge in [0.15, 0.2) is 5.82 Å². The van der Waals surface area contributed by atoms with E-state index in [2.05, 4.69) is 63.1 Å². The molecule has 0 bridgehead atoms. The lowest BCUT2D eigenvalue weighted by molar-refractivity contribution is -0.125. The lowest BCUT2D eigenvalue weighted by Gasteiger charge is -2.33. The first-order valence-electron chi connectivity index (χ1n) is 12.8. The summed E-state index contributed by atoms with van der Waals surface area (Å²) in [6, 6.07) is 13.2. The standard InChI is InChI=1S/C27H37N5O/c1-30(22-9-3-2-4-10-22)17-8-16-28-27(33)21-14-19-31(20-15-21)26-25-13-7-18-32(25)24-12-6-5-11-23(24)29-26/h5-7,11-13,18,21-22H,2-4,8-10,14-17,19-20H2,1H3,(H,28,33). The Bertz CT molecular complexity index is 1080. The zero-order valence-electron chi connectivity index (χ0n) is 19.9. The van der Waals surface area contributed by atoms with Crippen molar-refractivity contribution < 1.29 is 4.79 Å². The van der Waals surface area contributed by atoms with E-state index in [1.807, 2.05) is 6.07 Å². The van der Waals surface area contributed by atoms with Crippen LogP contribution in [0.15, 0.2) is 42.6 Å². The first-order chi connectivity index (χ1) is 16.2. The van der Waals surface area contributed by atoms with E-state index in [0.717, 1.165) is 73.9 Å². The van der Waals surface area contributed by atoms with E-state index in [1.165, 1.54) is 32.1 Å². The van der Waals surface area contributed by atoms with Crippen LogP contribution in [-0.2, 0) is 4.79 Å². The SMILES string of the molecule is CN(CCCNC(=O)C1CCN(c2nc3ccccc3n3cccc23)CC1)C1CCCCC1. The number of rotatable bonds is 7. The van der Waals surface area contributed by atoms with Crippen molar-refractivity contribution in [2.45, 2.75) is 57.4 Å². The van der Waals surface area contributed by atoms with Crippen LogP contribution in [-0.4, -0.2) is 59.5 Å². The van der Waals surface area contributed by atoms with Crippen LogP contribution in [0.4, 0.5) is 5.82 Å². The van der Waals surface area contributed by atoms with Crippen LogP contribution in [0.1, 0.15) is 51.4 Å². The molecule has 1 saturated carbocycles. The topological polar surface area (TPSA) is 52.9 Å². The Morgan fingerprint density at radius 2 is 1.79 bits per heavy atom. The summed E-state index contributed by atoms with van der Waals surface area (Å²) in [5.74, 6) is 1.37. The molecule has 2 fully saturated rings. The van der Waals surface area contributed by atoms with Crippen LogP contribution in [0.25, 0.3) is 16.6 Å². The molecule has 2 aromatic heterocycles. The first-order valence-corrected chi connectivity index (χ1v) is 12.8. The van der Waals surface area contributed by atoms with Crippen LogP contribution in [0, 0.1) is 5.92 Å². The highest BCUT2D eigenvalue weighted by Crippen LogP contribution is 2.29. The Balaban J connectivity index is 1.12. The lowest BCUT2D eigenvalue weighted by Crippen LogP contribution is -2.42. The van der Waals surface area contributed by atoms with Gasteiger partial charge >= 0.3 is 0 Å². The van der Waals surface area contributed by atoms with Gasteiger partial charge in [0, 0.05) is 37.8 Å². The molecule has 176 valence electrons. The van der Waals surface area contributed by atoms with Gasteiger partial charge in [0.1, 0.15) is 0 Å². The summed E-state index contributed by atoms with van der Waals surface area (Å²) >= 11 is 0. The third kappa shape index (κ3) is 4.86. The number of fused-ring (bicyclic) bond motifs is 3. The lowest BCUT2D eigenvalue weighted by atomic mass is 9.94. The second kappa shape index (κ2) is 10.1. The molecule has 0 unspecified atom stereocenters. The number of carbonyl (C=O) groups excluding carboxylic acids is 1. The second-order valence-electron chi connectivity index (χ2n) is 9.87. The van der Waals surface area contributed by atoms with Gasteiger partial charge < -0.3 is 19.5 Å².